The van der Waals surface area contributed by atoms with Crippen molar-refractivity contribution in [2.45, 2.75) is 39.3 Å². The van der Waals surface area contributed by atoms with E-state index in [0.717, 1.165) is 29.7 Å². The summed E-state index contributed by atoms with van der Waals surface area (Å²) in [7, 11) is 0. The van der Waals surface area contributed by atoms with Crippen molar-refractivity contribution in [3.8, 4) is 0 Å². The summed E-state index contributed by atoms with van der Waals surface area (Å²) >= 11 is 0. The van der Waals surface area contributed by atoms with Crippen molar-refractivity contribution in [2.75, 3.05) is 5.32 Å². The largest absolute Gasteiger partial charge is 0.349 e. The second kappa shape index (κ2) is 7.50. The second-order valence-corrected chi connectivity index (χ2v) is 7.45. The molecule has 0 unspecified atom stereocenters. The van der Waals surface area contributed by atoms with E-state index < -0.39 is 0 Å². The molecule has 29 heavy (non-hydrogen) atoms. The van der Waals surface area contributed by atoms with Gasteiger partial charge in [-0.05, 0) is 56.0 Å². The van der Waals surface area contributed by atoms with Crippen LogP contribution in [0.3, 0.4) is 0 Å². The first-order chi connectivity index (χ1) is 13.9. The predicted octanol–water partition coefficient (Wildman–Crippen LogP) is 2.54. The molecule has 1 aliphatic rings. The number of carbonyl (C=O) groups excluding carboxylic acids is 2. The van der Waals surface area contributed by atoms with Crippen molar-refractivity contribution in [1.82, 2.24) is 14.9 Å². The van der Waals surface area contributed by atoms with Crippen molar-refractivity contribution in [1.29, 1.82) is 0 Å². The van der Waals surface area contributed by atoms with E-state index in [4.69, 9.17) is 0 Å². The molecule has 7 heteroatoms. The zero-order chi connectivity index (χ0) is 20.5. The minimum absolute atomic E-state index is 0.140. The molecule has 0 bridgehead atoms. The lowest BCUT2D eigenvalue weighted by Gasteiger charge is -2.14. The summed E-state index contributed by atoms with van der Waals surface area (Å²) in [5, 5.41) is 5.83. The Morgan fingerprint density at radius 1 is 1.14 bits per heavy atom. The molecule has 1 aromatic heterocycles. The quantitative estimate of drug-likeness (QED) is 0.700. The third-order valence-electron chi connectivity index (χ3n) is 5.07. The van der Waals surface area contributed by atoms with Gasteiger partial charge < -0.3 is 10.6 Å². The minimum Gasteiger partial charge on any atom is -0.349 e. The number of nitrogens with zero attached hydrogens (tertiary/aromatic N) is 2. The van der Waals surface area contributed by atoms with Gasteiger partial charge in [-0.3, -0.25) is 19.0 Å². The number of para-hydroxylation sites is 1. The van der Waals surface area contributed by atoms with Gasteiger partial charge in [0.05, 0.1) is 17.2 Å². The lowest BCUT2D eigenvalue weighted by molar-refractivity contribution is -0.116. The van der Waals surface area contributed by atoms with Crippen LogP contribution in [0.2, 0.25) is 0 Å². The van der Waals surface area contributed by atoms with Crippen LogP contribution in [-0.4, -0.2) is 27.4 Å². The van der Waals surface area contributed by atoms with Crippen molar-refractivity contribution in [2.24, 2.45) is 0 Å². The van der Waals surface area contributed by atoms with E-state index >= 15 is 0 Å². The first-order valence-electron chi connectivity index (χ1n) is 9.59. The molecule has 1 fully saturated rings. The van der Waals surface area contributed by atoms with Crippen LogP contribution in [0, 0.1) is 13.8 Å². The highest BCUT2D eigenvalue weighted by atomic mass is 16.2. The summed E-state index contributed by atoms with van der Waals surface area (Å²) in [6, 6.07) is 11.0. The number of carbonyl (C=O) groups is 2. The normalized spacial score (nSPS) is 13.3. The lowest BCUT2D eigenvalue weighted by atomic mass is 10.1. The number of hydrogen-bond donors (Lipinski definition) is 2. The Labute approximate surface area is 167 Å². The maximum absolute atomic E-state index is 12.6. The summed E-state index contributed by atoms with van der Waals surface area (Å²) in [6.07, 6.45) is 3.19. The third-order valence-corrected chi connectivity index (χ3v) is 5.07. The van der Waals surface area contributed by atoms with Crippen LogP contribution in [0.25, 0.3) is 11.0 Å². The highest BCUT2D eigenvalue weighted by Gasteiger charge is 2.24. The van der Waals surface area contributed by atoms with E-state index in [1.54, 1.807) is 18.2 Å². The molecular formula is C22H22N4O3. The van der Waals surface area contributed by atoms with Crippen LogP contribution in [0.4, 0.5) is 5.69 Å². The maximum Gasteiger partial charge on any atom is 0.269 e. The molecule has 2 N–H and O–H groups in total. The molecule has 2 amide bonds. The Hall–Kier alpha value is -3.48. The number of anilines is 1. The molecule has 0 aliphatic heterocycles. The highest BCUT2D eigenvalue weighted by molar-refractivity contribution is 5.98. The molecule has 3 aromatic rings. The van der Waals surface area contributed by atoms with Crippen molar-refractivity contribution in [3.05, 3.63) is 69.6 Å². The molecule has 0 atom stereocenters. The van der Waals surface area contributed by atoms with Gasteiger partial charge in [0, 0.05) is 17.3 Å². The number of rotatable bonds is 5. The number of hydrogen-bond acceptors (Lipinski definition) is 4. The Bertz CT molecular complexity index is 1160. The zero-order valence-corrected chi connectivity index (χ0v) is 16.4. The first kappa shape index (κ1) is 18.9. The van der Waals surface area contributed by atoms with E-state index in [9.17, 15) is 14.4 Å². The summed E-state index contributed by atoms with van der Waals surface area (Å²) in [6.45, 7) is 3.70. The second-order valence-electron chi connectivity index (χ2n) is 7.45. The Kier molecular flexibility index (Phi) is 4.88. The van der Waals surface area contributed by atoms with Crippen LogP contribution in [0.1, 0.15) is 34.3 Å². The lowest BCUT2D eigenvalue weighted by Crippen LogP contribution is -2.29. The molecule has 148 valence electrons. The molecular weight excluding hydrogens is 368 g/mol. The summed E-state index contributed by atoms with van der Waals surface area (Å²) in [4.78, 5) is 41.4. The molecule has 2 aromatic carbocycles. The smallest absolute Gasteiger partial charge is 0.269 e. The SMILES string of the molecule is Cc1cccc(C)c1NC(=O)Cn1c(=O)cnc2cc(C(=O)NC3CC3)ccc21. The van der Waals surface area contributed by atoms with Crippen LogP contribution in [-0.2, 0) is 11.3 Å². The average Bonchev–Trinajstić information content (AvgIpc) is 3.50. The van der Waals surface area contributed by atoms with E-state index in [-0.39, 0.29) is 30.0 Å². The maximum atomic E-state index is 12.6. The summed E-state index contributed by atoms with van der Waals surface area (Å²) in [5.41, 5.74) is 3.78. The van der Waals surface area contributed by atoms with Crippen LogP contribution >= 0.6 is 0 Å². The van der Waals surface area contributed by atoms with Gasteiger partial charge in [0.1, 0.15) is 6.54 Å². The van der Waals surface area contributed by atoms with Gasteiger partial charge in [-0.2, -0.15) is 0 Å². The van der Waals surface area contributed by atoms with Crippen LogP contribution in [0.15, 0.2) is 47.4 Å². The Morgan fingerprint density at radius 3 is 2.55 bits per heavy atom. The topological polar surface area (TPSA) is 93.1 Å². The number of fused-ring (bicyclic) bond motifs is 1. The van der Waals surface area contributed by atoms with Gasteiger partial charge in [-0.25, -0.2) is 4.98 Å². The zero-order valence-electron chi connectivity index (χ0n) is 16.4. The summed E-state index contributed by atoms with van der Waals surface area (Å²) in [5.74, 6) is -0.450. The molecule has 0 radical (unpaired) electrons. The van der Waals surface area contributed by atoms with Crippen molar-refractivity contribution < 1.29 is 9.59 Å². The average molecular weight is 390 g/mol. The van der Waals surface area contributed by atoms with Gasteiger partial charge in [0.25, 0.3) is 11.5 Å². The van der Waals surface area contributed by atoms with Crippen LogP contribution < -0.4 is 16.2 Å². The van der Waals surface area contributed by atoms with Crippen LogP contribution in [0.5, 0.6) is 0 Å². The monoisotopic (exact) mass is 390 g/mol. The molecule has 1 heterocycles. The number of aromatic nitrogens is 2. The van der Waals surface area contributed by atoms with Gasteiger partial charge in [-0.15, -0.1) is 0 Å². The van der Waals surface area contributed by atoms with Crippen molar-refractivity contribution in [3.63, 3.8) is 0 Å². The standard InChI is InChI=1S/C22H22N4O3/c1-13-4-3-5-14(2)21(13)25-19(27)12-26-18-9-6-15(22(29)24-16-7-8-16)10-17(18)23-11-20(26)28/h3-6,9-11,16H,7-8,12H2,1-2H3,(H,24,29)(H,25,27). The van der Waals surface area contributed by atoms with Gasteiger partial charge in [0.2, 0.25) is 5.91 Å². The number of amides is 2. The molecule has 1 saturated carbocycles. The van der Waals surface area contributed by atoms with Gasteiger partial charge in [0.15, 0.2) is 0 Å². The fourth-order valence-corrected chi connectivity index (χ4v) is 3.30. The Balaban J connectivity index is 1.60. The molecule has 0 spiro atoms. The molecule has 7 nitrogen and oxygen atoms in total. The Morgan fingerprint density at radius 2 is 1.86 bits per heavy atom. The summed E-state index contributed by atoms with van der Waals surface area (Å²) < 4.78 is 1.37. The molecule has 0 saturated heterocycles. The van der Waals surface area contributed by atoms with E-state index in [2.05, 4.69) is 15.6 Å². The minimum atomic E-state index is -0.371. The van der Waals surface area contributed by atoms with Gasteiger partial charge >= 0.3 is 0 Å². The van der Waals surface area contributed by atoms with Gasteiger partial charge in [-0.1, -0.05) is 18.2 Å². The third kappa shape index (κ3) is 4.03. The fourth-order valence-electron chi connectivity index (χ4n) is 3.30. The first-order valence-corrected chi connectivity index (χ1v) is 9.59. The highest BCUT2D eigenvalue weighted by Crippen LogP contribution is 2.21. The predicted molar refractivity (Wildman–Crippen MR) is 111 cm³/mol. The molecule has 1 aliphatic carbocycles. The number of aryl methyl sites for hydroxylation is 2. The van der Waals surface area contributed by atoms with E-state index in [1.165, 1.54) is 10.8 Å². The fraction of sp³-hybridized carbons (Fsp3) is 0.273. The van der Waals surface area contributed by atoms with Crippen molar-refractivity contribution >= 4 is 28.5 Å². The van der Waals surface area contributed by atoms with E-state index in [0.29, 0.717) is 16.6 Å². The van der Waals surface area contributed by atoms with E-state index in [1.807, 2.05) is 32.0 Å². The number of benzene rings is 2. The molecule has 4 rings (SSSR count). The number of nitrogens with one attached hydrogen (secondary N) is 2.